The molecule has 1 aliphatic carbocycles. The van der Waals surface area contributed by atoms with Crippen LogP contribution in [0.3, 0.4) is 0 Å². The number of carbonyl (C=O) groups excluding carboxylic acids is 1. The molecule has 1 aromatic carbocycles. The van der Waals surface area contributed by atoms with Gasteiger partial charge in [0.15, 0.2) is 0 Å². The maximum atomic E-state index is 12.3. The van der Waals surface area contributed by atoms with Crippen molar-refractivity contribution in [2.24, 2.45) is 5.73 Å². The number of nitrogens with two attached hydrogens (primary N) is 1. The minimum Gasteiger partial charge on any atom is -0.481 e. The lowest BCUT2D eigenvalue weighted by Crippen LogP contribution is -2.41. The zero-order valence-electron chi connectivity index (χ0n) is 10.7. The Balaban J connectivity index is 2.04. The molecular formula is C14H18N2O3. The van der Waals surface area contributed by atoms with Crippen molar-refractivity contribution in [3.63, 3.8) is 0 Å². The molecule has 1 aromatic rings. The summed E-state index contributed by atoms with van der Waals surface area (Å²) in [4.78, 5) is 24.6. The fourth-order valence-electron chi connectivity index (χ4n) is 2.06. The Kier molecular flexibility index (Phi) is 4.16. The van der Waals surface area contributed by atoms with Crippen LogP contribution in [0.5, 0.6) is 0 Å². The molecule has 0 heterocycles. The summed E-state index contributed by atoms with van der Waals surface area (Å²) >= 11 is 0. The van der Waals surface area contributed by atoms with Gasteiger partial charge in [0.1, 0.15) is 6.04 Å². The van der Waals surface area contributed by atoms with Crippen LogP contribution in [0.15, 0.2) is 30.3 Å². The molecule has 102 valence electrons. The molecule has 1 fully saturated rings. The first-order valence-corrected chi connectivity index (χ1v) is 6.42. The van der Waals surface area contributed by atoms with Crippen molar-refractivity contribution in [3.05, 3.63) is 35.9 Å². The molecule has 0 unspecified atom stereocenters. The van der Waals surface area contributed by atoms with E-state index in [1.165, 1.54) is 0 Å². The molecule has 0 spiro atoms. The summed E-state index contributed by atoms with van der Waals surface area (Å²) in [5, 5.41) is 8.73. The van der Waals surface area contributed by atoms with E-state index in [1.54, 1.807) is 4.90 Å². The van der Waals surface area contributed by atoms with Gasteiger partial charge in [-0.05, 0) is 18.4 Å². The third-order valence-corrected chi connectivity index (χ3v) is 3.26. The van der Waals surface area contributed by atoms with Gasteiger partial charge >= 0.3 is 5.97 Å². The van der Waals surface area contributed by atoms with E-state index in [2.05, 4.69) is 0 Å². The third kappa shape index (κ3) is 3.54. The number of carbonyl (C=O) groups is 2. The predicted molar refractivity (Wildman–Crippen MR) is 70.4 cm³/mol. The molecule has 1 atom stereocenters. The largest absolute Gasteiger partial charge is 0.481 e. The highest BCUT2D eigenvalue weighted by Crippen LogP contribution is 2.29. The minimum absolute atomic E-state index is 0.0379. The molecule has 1 amide bonds. The van der Waals surface area contributed by atoms with E-state index < -0.39 is 12.0 Å². The standard InChI is InChI=1S/C14H18N2O3/c15-13(10-4-2-1-3-5-10)14(19)16(11-6-7-11)9-8-12(17)18/h1-5,11,13H,6-9,15H2,(H,17,18)/t13-/m0/s1. The highest BCUT2D eigenvalue weighted by atomic mass is 16.4. The molecule has 0 radical (unpaired) electrons. The predicted octanol–water partition coefficient (Wildman–Crippen LogP) is 1.15. The van der Waals surface area contributed by atoms with Crippen molar-refractivity contribution in [3.8, 4) is 0 Å². The van der Waals surface area contributed by atoms with Crippen LogP contribution in [0.2, 0.25) is 0 Å². The number of carboxylic acids is 1. The molecule has 0 saturated heterocycles. The fraction of sp³-hybridized carbons (Fsp3) is 0.429. The molecule has 0 bridgehead atoms. The van der Waals surface area contributed by atoms with Crippen LogP contribution in [0, 0.1) is 0 Å². The van der Waals surface area contributed by atoms with E-state index in [0.717, 1.165) is 18.4 Å². The SMILES string of the molecule is N[C@H](C(=O)N(CCC(=O)O)C1CC1)c1ccccc1. The Hall–Kier alpha value is -1.88. The number of carboxylic acid groups (broad SMARTS) is 1. The van der Waals surface area contributed by atoms with Gasteiger partial charge in [-0.3, -0.25) is 9.59 Å². The van der Waals surface area contributed by atoms with E-state index in [4.69, 9.17) is 10.8 Å². The normalized spacial score (nSPS) is 15.8. The summed E-state index contributed by atoms with van der Waals surface area (Å²) in [5.41, 5.74) is 6.73. The Morgan fingerprint density at radius 1 is 1.32 bits per heavy atom. The van der Waals surface area contributed by atoms with Gasteiger partial charge in [0, 0.05) is 12.6 Å². The molecular weight excluding hydrogens is 244 g/mol. The van der Waals surface area contributed by atoms with Gasteiger partial charge in [-0.1, -0.05) is 30.3 Å². The molecule has 3 N–H and O–H groups in total. The summed E-state index contributed by atoms with van der Waals surface area (Å²) in [7, 11) is 0. The van der Waals surface area contributed by atoms with Gasteiger partial charge in [-0.15, -0.1) is 0 Å². The second kappa shape index (κ2) is 5.84. The Labute approximate surface area is 112 Å². The Morgan fingerprint density at radius 2 is 1.95 bits per heavy atom. The summed E-state index contributed by atoms with van der Waals surface area (Å²) in [6, 6.07) is 8.61. The molecule has 1 aliphatic rings. The Bertz CT molecular complexity index is 457. The van der Waals surface area contributed by atoms with Gasteiger partial charge in [0.05, 0.1) is 6.42 Å². The number of aliphatic carboxylic acids is 1. The van der Waals surface area contributed by atoms with Crippen LogP contribution >= 0.6 is 0 Å². The summed E-state index contributed by atoms with van der Waals surface area (Å²) in [6.07, 6.45) is 1.84. The van der Waals surface area contributed by atoms with E-state index in [1.807, 2.05) is 30.3 Å². The monoisotopic (exact) mass is 262 g/mol. The second-order valence-corrected chi connectivity index (χ2v) is 4.79. The molecule has 2 rings (SSSR count). The van der Waals surface area contributed by atoms with Crippen molar-refractivity contribution < 1.29 is 14.7 Å². The van der Waals surface area contributed by atoms with E-state index in [0.29, 0.717) is 0 Å². The third-order valence-electron chi connectivity index (χ3n) is 3.26. The first kappa shape index (κ1) is 13.5. The van der Waals surface area contributed by atoms with Crippen LogP contribution in [-0.4, -0.2) is 34.5 Å². The summed E-state index contributed by atoms with van der Waals surface area (Å²) in [5.74, 6) is -1.08. The molecule has 19 heavy (non-hydrogen) atoms. The molecule has 0 aliphatic heterocycles. The number of nitrogens with zero attached hydrogens (tertiary/aromatic N) is 1. The maximum Gasteiger partial charge on any atom is 0.305 e. The summed E-state index contributed by atoms with van der Waals surface area (Å²) in [6.45, 7) is 0.235. The Morgan fingerprint density at radius 3 is 2.47 bits per heavy atom. The van der Waals surface area contributed by atoms with Gasteiger partial charge in [0.25, 0.3) is 0 Å². The average Bonchev–Trinajstić information content (AvgIpc) is 3.23. The highest BCUT2D eigenvalue weighted by Gasteiger charge is 2.35. The zero-order chi connectivity index (χ0) is 13.8. The van der Waals surface area contributed by atoms with Crippen molar-refractivity contribution >= 4 is 11.9 Å². The smallest absolute Gasteiger partial charge is 0.305 e. The molecule has 1 saturated carbocycles. The topological polar surface area (TPSA) is 83.6 Å². The van der Waals surface area contributed by atoms with E-state index >= 15 is 0 Å². The lowest BCUT2D eigenvalue weighted by molar-refractivity contribution is -0.139. The van der Waals surface area contributed by atoms with Crippen LogP contribution in [0.4, 0.5) is 0 Å². The lowest BCUT2D eigenvalue weighted by Gasteiger charge is -2.25. The van der Waals surface area contributed by atoms with Gasteiger partial charge in [-0.2, -0.15) is 0 Å². The van der Waals surface area contributed by atoms with Gasteiger partial charge in [-0.25, -0.2) is 0 Å². The first-order valence-electron chi connectivity index (χ1n) is 6.42. The van der Waals surface area contributed by atoms with Crippen molar-refractivity contribution in [1.82, 2.24) is 4.90 Å². The first-order chi connectivity index (χ1) is 9.09. The second-order valence-electron chi connectivity index (χ2n) is 4.79. The highest BCUT2D eigenvalue weighted by molar-refractivity contribution is 5.84. The quantitative estimate of drug-likeness (QED) is 0.805. The van der Waals surface area contributed by atoms with Crippen LogP contribution in [0.1, 0.15) is 30.9 Å². The number of hydrogen-bond acceptors (Lipinski definition) is 3. The lowest BCUT2D eigenvalue weighted by atomic mass is 10.1. The van der Waals surface area contributed by atoms with Crippen molar-refractivity contribution in [2.75, 3.05) is 6.54 Å². The van der Waals surface area contributed by atoms with Crippen LogP contribution in [-0.2, 0) is 9.59 Å². The fourth-order valence-corrected chi connectivity index (χ4v) is 2.06. The van der Waals surface area contributed by atoms with Crippen LogP contribution in [0.25, 0.3) is 0 Å². The van der Waals surface area contributed by atoms with Gasteiger partial charge in [0.2, 0.25) is 5.91 Å². The minimum atomic E-state index is -0.897. The molecule has 5 heteroatoms. The average molecular weight is 262 g/mol. The summed E-state index contributed by atoms with van der Waals surface area (Å²) < 4.78 is 0. The number of hydrogen-bond donors (Lipinski definition) is 2. The zero-order valence-corrected chi connectivity index (χ0v) is 10.7. The van der Waals surface area contributed by atoms with Gasteiger partial charge < -0.3 is 15.7 Å². The van der Waals surface area contributed by atoms with Crippen molar-refractivity contribution in [1.29, 1.82) is 0 Å². The van der Waals surface area contributed by atoms with Crippen LogP contribution < -0.4 is 5.73 Å². The maximum absolute atomic E-state index is 12.3. The number of rotatable bonds is 6. The molecule has 0 aromatic heterocycles. The number of amides is 1. The van der Waals surface area contributed by atoms with E-state index in [-0.39, 0.29) is 24.9 Å². The number of benzene rings is 1. The molecule has 5 nitrogen and oxygen atoms in total. The van der Waals surface area contributed by atoms with Crippen molar-refractivity contribution in [2.45, 2.75) is 31.3 Å². The van der Waals surface area contributed by atoms with E-state index in [9.17, 15) is 9.59 Å².